The Morgan fingerprint density at radius 1 is 1.64 bits per heavy atom. The minimum atomic E-state index is -0.434. The maximum absolute atomic E-state index is 9.73. The first kappa shape index (κ1) is 10.8. The third-order valence-electron chi connectivity index (χ3n) is 2.08. The van der Waals surface area contributed by atoms with Crippen LogP contribution in [0.2, 0.25) is 0 Å². The van der Waals surface area contributed by atoms with E-state index in [2.05, 4.69) is 16.9 Å². The average molecular weight is 192 g/mol. The number of nitrogens with zero attached hydrogens (tertiary/aromatic N) is 2. The van der Waals surface area contributed by atoms with Gasteiger partial charge in [-0.25, -0.2) is 0 Å². The zero-order valence-electron chi connectivity index (χ0n) is 8.70. The van der Waals surface area contributed by atoms with Crippen molar-refractivity contribution in [3.8, 4) is 11.8 Å². The van der Waals surface area contributed by atoms with Crippen LogP contribution in [0.4, 0.5) is 0 Å². The van der Waals surface area contributed by atoms with Crippen molar-refractivity contribution in [2.45, 2.75) is 39.3 Å². The summed E-state index contributed by atoms with van der Waals surface area (Å²) in [5.74, 6) is 5.74. The van der Waals surface area contributed by atoms with E-state index in [9.17, 15) is 5.11 Å². The smallest absolute Gasteiger partial charge is 0.0829 e. The van der Waals surface area contributed by atoms with Crippen LogP contribution in [0.25, 0.3) is 0 Å². The lowest BCUT2D eigenvalue weighted by atomic mass is 10.1. The van der Waals surface area contributed by atoms with E-state index in [0.717, 1.165) is 18.5 Å². The molecule has 1 aromatic heterocycles. The summed E-state index contributed by atoms with van der Waals surface area (Å²) in [5, 5.41) is 13.8. The van der Waals surface area contributed by atoms with Gasteiger partial charge in [-0.15, -0.1) is 11.8 Å². The molecule has 0 saturated heterocycles. The Balaban J connectivity index is 2.49. The monoisotopic (exact) mass is 192 g/mol. The maximum Gasteiger partial charge on any atom is 0.0829 e. The van der Waals surface area contributed by atoms with Crippen molar-refractivity contribution in [1.82, 2.24) is 9.78 Å². The predicted octanol–water partition coefficient (Wildman–Crippen LogP) is 1.74. The van der Waals surface area contributed by atoms with E-state index in [4.69, 9.17) is 0 Å². The van der Waals surface area contributed by atoms with Gasteiger partial charge in [0.2, 0.25) is 0 Å². The normalized spacial score (nSPS) is 11.9. The maximum atomic E-state index is 9.73. The highest BCUT2D eigenvalue weighted by atomic mass is 16.3. The molecule has 14 heavy (non-hydrogen) atoms. The molecule has 0 aliphatic heterocycles. The van der Waals surface area contributed by atoms with E-state index < -0.39 is 6.10 Å². The molecular weight excluding hydrogens is 176 g/mol. The second kappa shape index (κ2) is 5.46. The van der Waals surface area contributed by atoms with Crippen molar-refractivity contribution in [2.75, 3.05) is 0 Å². The number of hydrogen-bond donors (Lipinski definition) is 1. The molecule has 1 aromatic rings. The van der Waals surface area contributed by atoms with Crippen LogP contribution in [0.1, 0.15) is 38.4 Å². The van der Waals surface area contributed by atoms with Gasteiger partial charge in [0.1, 0.15) is 0 Å². The summed E-state index contributed by atoms with van der Waals surface area (Å²) in [6.45, 7) is 4.66. The molecule has 3 nitrogen and oxygen atoms in total. The predicted molar refractivity (Wildman–Crippen MR) is 55.5 cm³/mol. The average Bonchev–Trinajstić information content (AvgIpc) is 2.66. The van der Waals surface area contributed by atoms with Crippen molar-refractivity contribution in [3.05, 3.63) is 18.0 Å². The summed E-state index contributed by atoms with van der Waals surface area (Å²) in [6, 6.07) is 0. The van der Waals surface area contributed by atoms with Gasteiger partial charge in [-0.2, -0.15) is 5.10 Å². The quantitative estimate of drug-likeness (QED) is 0.738. The number of aromatic nitrogens is 2. The summed E-state index contributed by atoms with van der Waals surface area (Å²) in [7, 11) is 0. The number of hydrogen-bond acceptors (Lipinski definition) is 2. The van der Waals surface area contributed by atoms with Gasteiger partial charge in [0.05, 0.1) is 12.3 Å². The minimum absolute atomic E-state index is 0.434. The fraction of sp³-hybridized carbons (Fsp3) is 0.545. The number of aryl methyl sites for hydroxylation is 1. The third-order valence-corrected chi connectivity index (χ3v) is 2.08. The van der Waals surface area contributed by atoms with E-state index in [1.807, 2.05) is 24.7 Å². The number of aliphatic hydroxyl groups excluding tert-OH is 1. The molecule has 76 valence electrons. The molecule has 0 fully saturated rings. The van der Waals surface area contributed by atoms with E-state index in [-0.39, 0.29) is 0 Å². The second-order valence-corrected chi connectivity index (χ2v) is 3.11. The highest BCUT2D eigenvalue weighted by Crippen LogP contribution is 2.16. The van der Waals surface area contributed by atoms with Crippen LogP contribution < -0.4 is 0 Å². The first-order chi connectivity index (χ1) is 6.77. The fourth-order valence-corrected chi connectivity index (χ4v) is 1.23. The van der Waals surface area contributed by atoms with Crippen molar-refractivity contribution in [3.63, 3.8) is 0 Å². The summed E-state index contributed by atoms with van der Waals surface area (Å²) in [5.41, 5.74) is 0.879. The molecule has 0 amide bonds. The Labute approximate surface area is 84.8 Å². The minimum Gasteiger partial charge on any atom is -0.388 e. The Hall–Kier alpha value is -1.27. The van der Waals surface area contributed by atoms with Crippen LogP contribution in [-0.2, 0) is 6.54 Å². The van der Waals surface area contributed by atoms with Crippen molar-refractivity contribution < 1.29 is 5.11 Å². The highest BCUT2D eigenvalue weighted by molar-refractivity contribution is 5.08. The molecule has 1 atom stereocenters. The molecule has 3 heteroatoms. The molecule has 0 aromatic carbocycles. The van der Waals surface area contributed by atoms with Gasteiger partial charge in [-0.1, -0.05) is 0 Å². The molecular formula is C11H16N2O. The molecule has 1 unspecified atom stereocenters. The largest absolute Gasteiger partial charge is 0.388 e. The van der Waals surface area contributed by atoms with Gasteiger partial charge in [0.25, 0.3) is 0 Å². The molecule has 0 aliphatic rings. The third kappa shape index (κ3) is 2.90. The van der Waals surface area contributed by atoms with Gasteiger partial charge in [-0.05, 0) is 20.3 Å². The lowest BCUT2D eigenvalue weighted by molar-refractivity contribution is 0.169. The fourth-order valence-electron chi connectivity index (χ4n) is 1.23. The van der Waals surface area contributed by atoms with Gasteiger partial charge in [0, 0.05) is 24.7 Å². The Morgan fingerprint density at radius 2 is 2.43 bits per heavy atom. The first-order valence-electron chi connectivity index (χ1n) is 4.88. The van der Waals surface area contributed by atoms with Crippen LogP contribution in [0, 0.1) is 11.8 Å². The summed E-state index contributed by atoms with van der Waals surface area (Å²) in [4.78, 5) is 0. The molecule has 1 rings (SSSR count). The van der Waals surface area contributed by atoms with E-state index >= 15 is 0 Å². The topological polar surface area (TPSA) is 38.1 Å². The lowest BCUT2D eigenvalue weighted by Gasteiger charge is -2.04. The molecule has 0 aliphatic carbocycles. The van der Waals surface area contributed by atoms with Crippen molar-refractivity contribution in [1.29, 1.82) is 0 Å². The van der Waals surface area contributed by atoms with E-state index in [1.165, 1.54) is 0 Å². The van der Waals surface area contributed by atoms with Crippen LogP contribution in [0.5, 0.6) is 0 Å². The highest BCUT2D eigenvalue weighted by Gasteiger charge is 2.08. The Bertz CT molecular complexity index is 333. The van der Waals surface area contributed by atoms with Gasteiger partial charge < -0.3 is 5.11 Å². The van der Waals surface area contributed by atoms with E-state index in [0.29, 0.717) is 6.42 Å². The Morgan fingerprint density at radius 3 is 3.00 bits per heavy atom. The standard InChI is InChI=1S/C11H16N2O/c1-3-5-6-7-11(14)10-8-12-13(4-2)9-10/h8-9,11,14H,4,6-7H2,1-2H3. The first-order valence-corrected chi connectivity index (χ1v) is 4.88. The van der Waals surface area contributed by atoms with Gasteiger partial charge in [-0.3, -0.25) is 4.68 Å². The molecule has 0 saturated carbocycles. The van der Waals surface area contributed by atoms with Crippen molar-refractivity contribution >= 4 is 0 Å². The van der Waals surface area contributed by atoms with Crippen LogP contribution in [0.15, 0.2) is 12.4 Å². The molecule has 1 N–H and O–H groups in total. The summed E-state index contributed by atoms with van der Waals surface area (Å²) >= 11 is 0. The summed E-state index contributed by atoms with van der Waals surface area (Å²) < 4.78 is 1.81. The van der Waals surface area contributed by atoms with Gasteiger partial charge in [0.15, 0.2) is 0 Å². The van der Waals surface area contributed by atoms with Crippen LogP contribution >= 0.6 is 0 Å². The van der Waals surface area contributed by atoms with Gasteiger partial charge >= 0.3 is 0 Å². The zero-order chi connectivity index (χ0) is 10.4. The zero-order valence-corrected chi connectivity index (χ0v) is 8.70. The number of aliphatic hydroxyl groups is 1. The Kier molecular flexibility index (Phi) is 4.21. The van der Waals surface area contributed by atoms with Crippen LogP contribution in [-0.4, -0.2) is 14.9 Å². The van der Waals surface area contributed by atoms with Crippen LogP contribution in [0.3, 0.4) is 0 Å². The lowest BCUT2D eigenvalue weighted by Crippen LogP contribution is -1.96. The second-order valence-electron chi connectivity index (χ2n) is 3.11. The van der Waals surface area contributed by atoms with E-state index in [1.54, 1.807) is 6.20 Å². The molecule has 0 bridgehead atoms. The number of rotatable bonds is 4. The molecule has 0 spiro atoms. The molecule has 1 heterocycles. The SMILES string of the molecule is CC#CCCC(O)c1cnn(CC)c1. The molecule has 0 radical (unpaired) electrons. The summed E-state index contributed by atoms with van der Waals surface area (Å²) in [6.07, 6.45) is 4.57. The van der Waals surface area contributed by atoms with Crippen molar-refractivity contribution in [2.24, 2.45) is 0 Å².